The molecular weight excluding hydrogens is 368 g/mol. The van der Waals surface area contributed by atoms with E-state index in [9.17, 15) is 9.59 Å². The fourth-order valence-corrected chi connectivity index (χ4v) is 3.11. The van der Waals surface area contributed by atoms with Crippen LogP contribution in [0.15, 0.2) is 48.3 Å². The molecule has 0 saturated heterocycles. The van der Waals surface area contributed by atoms with Crippen LogP contribution in [-0.2, 0) is 4.74 Å². The normalized spacial score (nSPS) is 13.3. The number of esters is 1. The van der Waals surface area contributed by atoms with Crippen molar-refractivity contribution in [2.24, 2.45) is 0 Å². The SMILES string of the molecule is CCOC(=O)c1ccc(NC(=O)c2cnc(NCCC3=CCCCC3)nc2)cc1. The highest BCUT2D eigenvalue weighted by Crippen LogP contribution is 2.19. The molecule has 0 saturated carbocycles. The van der Waals surface area contributed by atoms with Crippen LogP contribution in [0.5, 0.6) is 0 Å². The monoisotopic (exact) mass is 394 g/mol. The average molecular weight is 394 g/mol. The van der Waals surface area contributed by atoms with Crippen molar-refractivity contribution < 1.29 is 14.3 Å². The van der Waals surface area contributed by atoms with Gasteiger partial charge in [-0.15, -0.1) is 0 Å². The second-order valence-corrected chi connectivity index (χ2v) is 6.83. The van der Waals surface area contributed by atoms with Crippen LogP contribution in [0.3, 0.4) is 0 Å². The summed E-state index contributed by atoms with van der Waals surface area (Å²) in [5, 5.41) is 5.96. The van der Waals surface area contributed by atoms with Gasteiger partial charge in [0.2, 0.25) is 5.95 Å². The summed E-state index contributed by atoms with van der Waals surface area (Å²) < 4.78 is 4.94. The van der Waals surface area contributed by atoms with Crippen molar-refractivity contribution in [2.75, 3.05) is 23.8 Å². The summed E-state index contributed by atoms with van der Waals surface area (Å²) in [6.45, 7) is 2.86. The number of nitrogens with one attached hydrogen (secondary N) is 2. The Morgan fingerprint density at radius 2 is 1.83 bits per heavy atom. The molecule has 0 atom stereocenters. The van der Waals surface area contributed by atoms with Gasteiger partial charge in [0.15, 0.2) is 0 Å². The standard InChI is InChI=1S/C22H26N4O3/c1-2-29-21(28)17-8-10-19(11-9-17)26-20(27)18-14-24-22(25-15-18)23-13-12-16-6-4-3-5-7-16/h6,8-11,14-15H,2-5,7,12-13H2,1H3,(H,26,27)(H,23,24,25). The zero-order valence-corrected chi connectivity index (χ0v) is 16.6. The molecule has 29 heavy (non-hydrogen) atoms. The number of nitrogens with zero attached hydrogens (tertiary/aromatic N) is 2. The van der Waals surface area contributed by atoms with Crippen molar-refractivity contribution in [3.8, 4) is 0 Å². The Hall–Kier alpha value is -3.22. The van der Waals surface area contributed by atoms with Crippen LogP contribution in [0.4, 0.5) is 11.6 Å². The van der Waals surface area contributed by atoms with E-state index in [1.54, 1.807) is 31.2 Å². The first kappa shape index (κ1) is 20.5. The van der Waals surface area contributed by atoms with E-state index in [0.717, 1.165) is 13.0 Å². The van der Waals surface area contributed by atoms with Crippen molar-refractivity contribution >= 4 is 23.5 Å². The lowest BCUT2D eigenvalue weighted by atomic mass is 9.97. The molecule has 0 fully saturated rings. The van der Waals surface area contributed by atoms with Crippen molar-refractivity contribution in [2.45, 2.75) is 39.0 Å². The number of carbonyl (C=O) groups is 2. The molecule has 0 unspecified atom stereocenters. The molecule has 1 aromatic carbocycles. The number of anilines is 2. The van der Waals surface area contributed by atoms with Crippen LogP contribution >= 0.6 is 0 Å². The van der Waals surface area contributed by atoms with Gasteiger partial charge >= 0.3 is 5.97 Å². The fourth-order valence-electron chi connectivity index (χ4n) is 3.11. The first-order valence-corrected chi connectivity index (χ1v) is 9.98. The van der Waals surface area contributed by atoms with Crippen LogP contribution in [0.25, 0.3) is 0 Å². The zero-order chi connectivity index (χ0) is 20.5. The molecule has 0 spiro atoms. The molecule has 2 N–H and O–H groups in total. The average Bonchev–Trinajstić information content (AvgIpc) is 2.75. The highest BCUT2D eigenvalue weighted by Gasteiger charge is 2.10. The second-order valence-electron chi connectivity index (χ2n) is 6.83. The smallest absolute Gasteiger partial charge is 0.338 e. The topological polar surface area (TPSA) is 93.2 Å². The van der Waals surface area contributed by atoms with Gasteiger partial charge in [-0.1, -0.05) is 11.6 Å². The predicted molar refractivity (Wildman–Crippen MR) is 112 cm³/mol. The van der Waals surface area contributed by atoms with Crippen molar-refractivity contribution in [1.82, 2.24) is 9.97 Å². The van der Waals surface area contributed by atoms with Crippen molar-refractivity contribution in [3.05, 3.63) is 59.4 Å². The summed E-state index contributed by atoms with van der Waals surface area (Å²) in [4.78, 5) is 32.5. The molecule has 0 aliphatic heterocycles. The third-order valence-corrected chi connectivity index (χ3v) is 4.68. The number of ether oxygens (including phenoxy) is 1. The second kappa shape index (κ2) is 10.4. The number of amides is 1. The number of allylic oxidation sites excluding steroid dienone is 1. The molecule has 0 bridgehead atoms. The van der Waals surface area contributed by atoms with Crippen LogP contribution in [0.1, 0.15) is 59.7 Å². The summed E-state index contributed by atoms with van der Waals surface area (Å²) in [6, 6.07) is 6.53. The van der Waals surface area contributed by atoms with Gasteiger partial charge in [-0.05, 0) is 63.3 Å². The maximum Gasteiger partial charge on any atom is 0.338 e. The summed E-state index contributed by atoms with van der Waals surface area (Å²) >= 11 is 0. The van der Waals surface area contributed by atoms with Gasteiger partial charge < -0.3 is 15.4 Å². The first-order chi connectivity index (χ1) is 14.2. The third-order valence-electron chi connectivity index (χ3n) is 4.68. The summed E-state index contributed by atoms with van der Waals surface area (Å²) in [6.07, 6.45) is 11.3. The molecule has 1 aliphatic carbocycles. The minimum absolute atomic E-state index is 0.312. The minimum Gasteiger partial charge on any atom is -0.462 e. The molecule has 1 heterocycles. The van der Waals surface area contributed by atoms with Crippen molar-refractivity contribution in [3.63, 3.8) is 0 Å². The zero-order valence-electron chi connectivity index (χ0n) is 16.6. The lowest BCUT2D eigenvalue weighted by Crippen LogP contribution is -2.14. The number of hydrogen-bond acceptors (Lipinski definition) is 6. The molecule has 152 valence electrons. The Labute approximate surface area is 170 Å². The summed E-state index contributed by atoms with van der Waals surface area (Å²) in [5.74, 6) is -0.189. The van der Waals surface area contributed by atoms with Gasteiger partial charge in [-0.25, -0.2) is 14.8 Å². The van der Waals surface area contributed by atoms with Crippen molar-refractivity contribution in [1.29, 1.82) is 0 Å². The molecule has 3 rings (SSSR count). The highest BCUT2D eigenvalue weighted by atomic mass is 16.5. The molecule has 7 heteroatoms. The van der Waals surface area contributed by atoms with Crippen LogP contribution in [0, 0.1) is 0 Å². The molecule has 7 nitrogen and oxygen atoms in total. The molecule has 2 aromatic rings. The van der Waals surface area contributed by atoms with E-state index < -0.39 is 0 Å². The fraction of sp³-hybridized carbons (Fsp3) is 0.364. The molecule has 1 aromatic heterocycles. The summed E-state index contributed by atoms with van der Waals surface area (Å²) in [7, 11) is 0. The molecular formula is C22H26N4O3. The lowest BCUT2D eigenvalue weighted by molar-refractivity contribution is 0.0526. The maximum atomic E-state index is 12.4. The quantitative estimate of drug-likeness (QED) is 0.515. The Bertz CT molecular complexity index is 861. The van der Waals surface area contributed by atoms with E-state index in [0.29, 0.717) is 29.4 Å². The number of rotatable bonds is 8. The third kappa shape index (κ3) is 6.14. The van der Waals surface area contributed by atoms with Gasteiger partial charge in [0.05, 0.1) is 17.7 Å². The van der Waals surface area contributed by atoms with Gasteiger partial charge in [-0.2, -0.15) is 0 Å². The van der Waals surface area contributed by atoms with E-state index in [2.05, 4.69) is 26.7 Å². The summed E-state index contributed by atoms with van der Waals surface area (Å²) in [5.41, 5.74) is 2.87. The Balaban J connectivity index is 1.49. The Morgan fingerprint density at radius 3 is 2.48 bits per heavy atom. The van der Waals surface area contributed by atoms with Gasteiger partial charge in [-0.3, -0.25) is 4.79 Å². The molecule has 1 aliphatic rings. The lowest BCUT2D eigenvalue weighted by Gasteiger charge is -2.12. The number of carbonyl (C=O) groups excluding carboxylic acids is 2. The van der Waals surface area contributed by atoms with Crippen LogP contribution < -0.4 is 10.6 Å². The van der Waals surface area contributed by atoms with Gasteiger partial charge in [0.1, 0.15) is 0 Å². The highest BCUT2D eigenvalue weighted by molar-refractivity contribution is 6.04. The maximum absolute atomic E-state index is 12.4. The Morgan fingerprint density at radius 1 is 1.07 bits per heavy atom. The largest absolute Gasteiger partial charge is 0.462 e. The number of benzene rings is 1. The predicted octanol–water partition coefficient (Wildman–Crippen LogP) is 4.21. The minimum atomic E-state index is -0.387. The van der Waals surface area contributed by atoms with E-state index in [-0.39, 0.29) is 11.9 Å². The first-order valence-electron chi connectivity index (χ1n) is 9.98. The number of aromatic nitrogens is 2. The van der Waals surface area contributed by atoms with E-state index >= 15 is 0 Å². The molecule has 1 amide bonds. The van der Waals surface area contributed by atoms with Gasteiger partial charge in [0.25, 0.3) is 5.91 Å². The van der Waals surface area contributed by atoms with Crippen LogP contribution in [-0.4, -0.2) is 35.0 Å². The molecule has 0 radical (unpaired) electrons. The number of hydrogen-bond donors (Lipinski definition) is 2. The Kier molecular flexibility index (Phi) is 7.33. The van der Waals surface area contributed by atoms with Gasteiger partial charge in [0, 0.05) is 24.6 Å². The van der Waals surface area contributed by atoms with E-state index in [1.165, 1.54) is 43.7 Å². The van der Waals surface area contributed by atoms with E-state index in [4.69, 9.17) is 4.74 Å². The van der Waals surface area contributed by atoms with Crippen LogP contribution in [0.2, 0.25) is 0 Å². The van der Waals surface area contributed by atoms with E-state index in [1.807, 2.05) is 0 Å².